The second-order valence-corrected chi connectivity index (χ2v) is 6.50. The van der Waals surface area contributed by atoms with E-state index in [0.717, 1.165) is 24.2 Å². The maximum absolute atomic E-state index is 4.94. The molecule has 1 aliphatic carbocycles. The molecular formula is C17H20N2O. The molecule has 0 N–H and O–H groups in total. The van der Waals surface area contributed by atoms with Crippen LogP contribution in [0.1, 0.15) is 43.6 Å². The molecule has 0 bridgehead atoms. The highest BCUT2D eigenvalue weighted by Crippen LogP contribution is 2.36. The predicted molar refractivity (Wildman–Crippen MR) is 78.4 cm³/mol. The SMILES string of the molecule is CC(C)(C)C1=CC(c2ccccc2)Cc2nonc2C1. The van der Waals surface area contributed by atoms with Crippen LogP contribution in [0.4, 0.5) is 0 Å². The van der Waals surface area contributed by atoms with E-state index in [1.807, 2.05) is 0 Å². The molecule has 0 spiro atoms. The number of hydrogen-bond acceptors (Lipinski definition) is 3. The van der Waals surface area contributed by atoms with Crippen molar-refractivity contribution in [3.05, 3.63) is 58.9 Å². The number of hydrogen-bond donors (Lipinski definition) is 0. The van der Waals surface area contributed by atoms with Crippen LogP contribution in [-0.2, 0) is 12.8 Å². The number of rotatable bonds is 1. The van der Waals surface area contributed by atoms with Crippen molar-refractivity contribution in [2.24, 2.45) is 5.41 Å². The Morgan fingerprint density at radius 1 is 1.05 bits per heavy atom. The summed E-state index contributed by atoms with van der Waals surface area (Å²) in [6.45, 7) is 6.75. The summed E-state index contributed by atoms with van der Waals surface area (Å²) in [7, 11) is 0. The molecule has 0 radical (unpaired) electrons. The summed E-state index contributed by atoms with van der Waals surface area (Å²) in [5.74, 6) is 0.346. The second kappa shape index (κ2) is 4.89. The minimum Gasteiger partial charge on any atom is -0.244 e. The highest BCUT2D eigenvalue weighted by molar-refractivity contribution is 5.34. The predicted octanol–water partition coefficient (Wildman–Crippen LogP) is 3.92. The molecule has 2 aromatic rings. The van der Waals surface area contributed by atoms with E-state index in [1.165, 1.54) is 11.1 Å². The fourth-order valence-corrected chi connectivity index (χ4v) is 2.69. The molecule has 20 heavy (non-hydrogen) atoms. The normalized spacial score (nSPS) is 19.1. The van der Waals surface area contributed by atoms with Gasteiger partial charge in [-0.05, 0) is 11.0 Å². The highest BCUT2D eigenvalue weighted by Gasteiger charge is 2.27. The third kappa shape index (κ3) is 2.53. The summed E-state index contributed by atoms with van der Waals surface area (Å²) in [5, 5.41) is 8.17. The Labute approximate surface area is 119 Å². The first-order chi connectivity index (χ1) is 9.54. The zero-order valence-electron chi connectivity index (χ0n) is 12.3. The molecule has 1 aliphatic rings. The molecule has 0 aliphatic heterocycles. The van der Waals surface area contributed by atoms with Gasteiger partial charge in [0.05, 0.1) is 0 Å². The second-order valence-electron chi connectivity index (χ2n) is 6.50. The standard InChI is InChI=1S/C17H20N2O/c1-17(2,3)14-9-13(12-7-5-4-6-8-12)10-15-16(11-14)19-20-18-15/h4-9,13H,10-11H2,1-3H3. The van der Waals surface area contributed by atoms with E-state index in [9.17, 15) is 0 Å². The van der Waals surface area contributed by atoms with Gasteiger partial charge in [-0.1, -0.05) is 73.1 Å². The minimum absolute atomic E-state index is 0.133. The Morgan fingerprint density at radius 3 is 2.45 bits per heavy atom. The zero-order chi connectivity index (χ0) is 14.2. The van der Waals surface area contributed by atoms with Gasteiger partial charge in [0, 0.05) is 18.8 Å². The van der Waals surface area contributed by atoms with E-state index in [0.29, 0.717) is 5.92 Å². The van der Waals surface area contributed by atoms with Crippen LogP contribution in [-0.4, -0.2) is 10.3 Å². The van der Waals surface area contributed by atoms with Gasteiger partial charge in [0.1, 0.15) is 11.4 Å². The van der Waals surface area contributed by atoms with Crippen LogP contribution in [0.3, 0.4) is 0 Å². The number of fused-ring (bicyclic) bond motifs is 1. The lowest BCUT2D eigenvalue weighted by atomic mass is 9.82. The molecule has 104 valence electrons. The summed E-state index contributed by atoms with van der Waals surface area (Å²) in [6.07, 6.45) is 4.10. The van der Waals surface area contributed by atoms with Gasteiger partial charge in [-0.25, -0.2) is 4.63 Å². The van der Waals surface area contributed by atoms with E-state index in [1.54, 1.807) is 0 Å². The van der Waals surface area contributed by atoms with Gasteiger partial charge in [0.2, 0.25) is 0 Å². The van der Waals surface area contributed by atoms with Gasteiger partial charge in [-0.3, -0.25) is 0 Å². The Hall–Kier alpha value is -1.90. The van der Waals surface area contributed by atoms with E-state index < -0.39 is 0 Å². The summed E-state index contributed by atoms with van der Waals surface area (Å²) < 4.78 is 4.94. The van der Waals surface area contributed by atoms with Gasteiger partial charge in [-0.15, -0.1) is 0 Å². The maximum Gasteiger partial charge on any atom is 0.112 e. The molecule has 3 nitrogen and oxygen atoms in total. The fourth-order valence-electron chi connectivity index (χ4n) is 2.69. The van der Waals surface area contributed by atoms with Crippen molar-refractivity contribution in [1.29, 1.82) is 0 Å². The quantitative estimate of drug-likeness (QED) is 0.736. The van der Waals surface area contributed by atoms with Gasteiger partial charge in [0.15, 0.2) is 0 Å². The van der Waals surface area contributed by atoms with Gasteiger partial charge < -0.3 is 0 Å². The van der Waals surface area contributed by atoms with Crippen molar-refractivity contribution in [2.75, 3.05) is 0 Å². The van der Waals surface area contributed by atoms with Gasteiger partial charge in [0.25, 0.3) is 0 Å². The van der Waals surface area contributed by atoms with Crippen molar-refractivity contribution < 1.29 is 4.63 Å². The fraction of sp³-hybridized carbons (Fsp3) is 0.412. The van der Waals surface area contributed by atoms with E-state index >= 15 is 0 Å². The molecule has 1 atom stereocenters. The smallest absolute Gasteiger partial charge is 0.112 e. The van der Waals surface area contributed by atoms with Gasteiger partial charge >= 0.3 is 0 Å². The van der Waals surface area contributed by atoms with Crippen LogP contribution >= 0.6 is 0 Å². The van der Waals surface area contributed by atoms with Crippen molar-refractivity contribution in [2.45, 2.75) is 39.5 Å². The molecule has 1 aromatic carbocycles. The monoisotopic (exact) mass is 268 g/mol. The van der Waals surface area contributed by atoms with Crippen LogP contribution in [0.15, 0.2) is 46.6 Å². The van der Waals surface area contributed by atoms with E-state index in [4.69, 9.17) is 4.63 Å². The number of aromatic nitrogens is 2. The zero-order valence-corrected chi connectivity index (χ0v) is 12.3. The number of benzene rings is 1. The third-order valence-corrected chi connectivity index (χ3v) is 4.00. The molecule has 1 heterocycles. The van der Waals surface area contributed by atoms with Crippen LogP contribution in [0, 0.1) is 5.41 Å². The largest absolute Gasteiger partial charge is 0.244 e. The average molecular weight is 268 g/mol. The number of allylic oxidation sites excluding steroid dienone is 2. The summed E-state index contributed by atoms with van der Waals surface area (Å²) >= 11 is 0. The Morgan fingerprint density at radius 2 is 1.75 bits per heavy atom. The first-order valence-electron chi connectivity index (χ1n) is 7.10. The lowest BCUT2D eigenvalue weighted by molar-refractivity contribution is 0.299. The lowest BCUT2D eigenvalue weighted by Gasteiger charge is -2.23. The average Bonchev–Trinajstić information content (AvgIpc) is 2.76. The molecule has 0 saturated heterocycles. The molecule has 3 rings (SSSR count). The highest BCUT2D eigenvalue weighted by atomic mass is 16.6. The van der Waals surface area contributed by atoms with Crippen molar-refractivity contribution in [3.8, 4) is 0 Å². The van der Waals surface area contributed by atoms with Crippen molar-refractivity contribution in [1.82, 2.24) is 10.3 Å². The molecule has 0 amide bonds. The molecule has 0 fully saturated rings. The first kappa shape index (κ1) is 13.1. The van der Waals surface area contributed by atoms with Crippen molar-refractivity contribution in [3.63, 3.8) is 0 Å². The summed E-state index contributed by atoms with van der Waals surface area (Å²) in [5.41, 5.74) is 4.85. The van der Waals surface area contributed by atoms with Crippen LogP contribution in [0.5, 0.6) is 0 Å². The Balaban J connectivity index is 2.05. The molecule has 3 heteroatoms. The van der Waals surface area contributed by atoms with Crippen LogP contribution in [0.2, 0.25) is 0 Å². The van der Waals surface area contributed by atoms with Crippen LogP contribution in [0.25, 0.3) is 0 Å². The molecule has 1 aromatic heterocycles. The summed E-state index contributed by atoms with van der Waals surface area (Å²) in [4.78, 5) is 0. The minimum atomic E-state index is 0.133. The maximum atomic E-state index is 4.94. The van der Waals surface area contributed by atoms with E-state index in [2.05, 4.69) is 67.5 Å². The Bertz CT molecular complexity index is 620. The number of nitrogens with zero attached hydrogens (tertiary/aromatic N) is 2. The van der Waals surface area contributed by atoms with Crippen molar-refractivity contribution >= 4 is 0 Å². The molecular weight excluding hydrogens is 248 g/mol. The lowest BCUT2D eigenvalue weighted by Crippen LogP contribution is -2.12. The first-order valence-corrected chi connectivity index (χ1v) is 7.10. The van der Waals surface area contributed by atoms with Gasteiger partial charge in [-0.2, -0.15) is 0 Å². The van der Waals surface area contributed by atoms with E-state index in [-0.39, 0.29) is 5.41 Å². The topological polar surface area (TPSA) is 38.9 Å². The summed E-state index contributed by atoms with van der Waals surface area (Å²) in [6, 6.07) is 10.6. The molecule has 0 saturated carbocycles. The Kier molecular flexibility index (Phi) is 3.20. The molecule has 1 unspecified atom stereocenters. The van der Waals surface area contributed by atoms with Crippen LogP contribution < -0.4 is 0 Å². The third-order valence-electron chi connectivity index (χ3n) is 4.00.